The first-order chi connectivity index (χ1) is 8.70. The predicted octanol–water partition coefficient (Wildman–Crippen LogP) is 2.51. The Labute approximate surface area is 115 Å². The van der Waals surface area contributed by atoms with E-state index in [1.807, 2.05) is 0 Å². The van der Waals surface area contributed by atoms with Crippen LogP contribution in [0.4, 0.5) is 0 Å². The number of likely N-dealkylation sites (N-methyl/N-ethyl adjacent to an activating group) is 1. The molecule has 2 unspecified atom stereocenters. The van der Waals surface area contributed by atoms with Gasteiger partial charge in [-0.15, -0.1) is 0 Å². The molecule has 1 aromatic rings. The zero-order valence-electron chi connectivity index (χ0n) is 11.4. The van der Waals surface area contributed by atoms with Crippen molar-refractivity contribution in [3.05, 3.63) is 35.4 Å². The lowest BCUT2D eigenvalue weighted by molar-refractivity contribution is 0.184. The van der Waals surface area contributed by atoms with Gasteiger partial charge in [-0.25, -0.2) is 0 Å². The van der Waals surface area contributed by atoms with Crippen molar-refractivity contribution >= 4 is 11.8 Å². The van der Waals surface area contributed by atoms with E-state index in [0.717, 1.165) is 19.0 Å². The quantitative estimate of drug-likeness (QED) is 0.886. The van der Waals surface area contributed by atoms with E-state index < -0.39 is 0 Å². The Balaban J connectivity index is 1.96. The Bertz CT molecular complexity index is 357. The lowest BCUT2D eigenvalue weighted by Gasteiger charge is -2.31. The highest BCUT2D eigenvalue weighted by molar-refractivity contribution is 7.99. The molecule has 1 saturated heterocycles. The van der Waals surface area contributed by atoms with Crippen LogP contribution in [0.1, 0.15) is 17.5 Å². The molecule has 2 atom stereocenters. The number of rotatable bonds is 5. The lowest BCUT2D eigenvalue weighted by Crippen LogP contribution is -2.43. The van der Waals surface area contributed by atoms with Crippen LogP contribution >= 0.6 is 11.8 Å². The van der Waals surface area contributed by atoms with E-state index in [1.54, 1.807) is 0 Å². The molecule has 0 aliphatic carbocycles. The zero-order chi connectivity index (χ0) is 13.0. The number of hydrogen-bond donors (Lipinski definition) is 1. The molecule has 1 aliphatic heterocycles. The average molecular weight is 264 g/mol. The number of thioether (sulfide) groups is 1. The highest BCUT2D eigenvalue weighted by atomic mass is 32.2. The number of nitrogens with two attached hydrogens (primary N) is 1. The molecule has 1 fully saturated rings. The Morgan fingerprint density at radius 1 is 1.39 bits per heavy atom. The first kappa shape index (κ1) is 13.9. The van der Waals surface area contributed by atoms with Crippen molar-refractivity contribution in [3.63, 3.8) is 0 Å². The Morgan fingerprint density at radius 2 is 2.11 bits per heavy atom. The normalized spacial score (nSPS) is 21.4. The Kier molecular flexibility index (Phi) is 5.10. The summed E-state index contributed by atoms with van der Waals surface area (Å²) in [6.07, 6.45) is 1.32. The van der Waals surface area contributed by atoms with Crippen LogP contribution in [-0.2, 0) is 6.54 Å². The SMILES string of the molecule is Cc1ccc(CN(C)C(CN)C2CCSC2)cc1. The van der Waals surface area contributed by atoms with Crippen LogP contribution < -0.4 is 5.73 Å². The Morgan fingerprint density at radius 3 is 2.67 bits per heavy atom. The van der Waals surface area contributed by atoms with Gasteiger partial charge in [-0.1, -0.05) is 29.8 Å². The predicted molar refractivity (Wildman–Crippen MR) is 80.9 cm³/mol. The van der Waals surface area contributed by atoms with E-state index in [-0.39, 0.29) is 0 Å². The monoisotopic (exact) mass is 264 g/mol. The van der Waals surface area contributed by atoms with E-state index >= 15 is 0 Å². The molecule has 0 amide bonds. The van der Waals surface area contributed by atoms with Crippen LogP contribution in [0.3, 0.4) is 0 Å². The van der Waals surface area contributed by atoms with Gasteiger partial charge in [-0.05, 0) is 43.4 Å². The van der Waals surface area contributed by atoms with E-state index in [2.05, 4.69) is 54.9 Å². The van der Waals surface area contributed by atoms with E-state index in [4.69, 9.17) is 5.73 Å². The molecular weight excluding hydrogens is 240 g/mol. The molecule has 18 heavy (non-hydrogen) atoms. The molecular formula is C15H24N2S. The fraction of sp³-hybridized carbons (Fsp3) is 0.600. The summed E-state index contributed by atoms with van der Waals surface area (Å²) in [4.78, 5) is 2.43. The van der Waals surface area contributed by atoms with Crippen molar-refractivity contribution in [1.29, 1.82) is 0 Å². The van der Waals surface area contributed by atoms with Gasteiger partial charge in [0.05, 0.1) is 0 Å². The molecule has 0 saturated carbocycles. The van der Waals surface area contributed by atoms with Crippen LogP contribution in [0, 0.1) is 12.8 Å². The van der Waals surface area contributed by atoms with E-state index in [0.29, 0.717) is 6.04 Å². The summed E-state index contributed by atoms with van der Waals surface area (Å²) in [6, 6.07) is 9.35. The van der Waals surface area contributed by atoms with Crippen LogP contribution in [0.2, 0.25) is 0 Å². The molecule has 3 heteroatoms. The van der Waals surface area contributed by atoms with Gasteiger partial charge in [-0.3, -0.25) is 4.90 Å². The first-order valence-electron chi connectivity index (χ1n) is 6.74. The fourth-order valence-corrected chi connectivity index (χ4v) is 4.01. The summed E-state index contributed by atoms with van der Waals surface area (Å²) in [7, 11) is 2.21. The van der Waals surface area contributed by atoms with Gasteiger partial charge in [0, 0.05) is 19.1 Å². The summed E-state index contributed by atoms with van der Waals surface area (Å²) < 4.78 is 0. The second-order valence-corrected chi connectivity index (χ2v) is 6.48. The molecule has 100 valence electrons. The lowest BCUT2D eigenvalue weighted by atomic mass is 9.97. The first-order valence-corrected chi connectivity index (χ1v) is 7.89. The second kappa shape index (κ2) is 6.60. The number of nitrogens with zero attached hydrogens (tertiary/aromatic N) is 1. The van der Waals surface area contributed by atoms with Gasteiger partial charge in [0.25, 0.3) is 0 Å². The van der Waals surface area contributed by atoms with Crippen LogP contribution in [-0.4, -0.2) is 36.0 Å². The molecule has 1 aliphatic rings. The molecule has 0 spiro atoms. The molecule has 0 radical (unpaired) electrons. The molecule has 0 bridgehead atoms. The van der Waals surface area contributed by atoms with Gasteiger partial charge >= 0.3 is 0 Å². The molecule has 2 N–H and O–H groups in total. The number of hydrogen-bond acceptors (Lipinski definition) is 3. The maximum absolute atomic E-state index is 5.98. The smallest absolute Gasteiger partial charge is 0.0255 e. The summed E-state index contributed by atoms with van der Waals surface area (Å²) in [5.74, 6) is 3.36. The molecule has 2 nitrogen and oxygen atoms in total. The Hall–Kier alpha value is -0.510. The maximum atomic E-state index is 5.98. The molecule has 1 aromatic carbocycles. The minimum absolute atomic E-state index is 0.529. The van der Waals surface area contributed by atoms with Crippen molar-refractivity contribution in [2.75, 3.05) is 25.1 Å². The maximum Gasteiger partial charge on any atom is 0.0255 e. The topological polar surface area (TPSA) is 29.3 Å². The highest BCUT2D eigenvalue weighted by Crippen LogP contribution is 2.28. The largest absolute Gasteiger partial charge is 0.329 e. The van der Waals surface area contributed by atoms with Gasteiger partial charge < -0.3 is 5.73 Å². The minimum Gasteiger partial charge on any atom is -0.329 e. The average Bonchev–Trinajstić information content (AvgIpc) is 2.87. The van der Waals surface area contributed by atoms with Crippen molar-refractivity contribution in [2.24, 2.45) is 11.7 Å². The highest BCUT2D eigenvalue weighted by Gasteiger charge is 2.27. The van der Waals surface area contributed by atoms with Crippen LogP contribution in [0.15, 0.2) is 24.3 Å². The fourth-order valence-electron chi connectivity index (χ4n) is 2.69. The van der Waals surface area contributed by atoms with E-state index in [9.17, 15) is 0 Å². The van der Waals surface area contributed by atoms with Gasteiger partial charge in [0.1, 0.15) is 0 Å². The van der Waals surface area contributed by atoms with Gasteiger partial charge in [0.15, 0.2) is 0 Å². The number of aryl methyl sites for hydroxylation is 1. The summed E-state index contributed by atoms with van der Waals surface area (Å²) in [5.41, 5.74) is 8.69. The zero-order valence-corrected chi connectivity index (χ0v) is 12.2. The molecule has 1 heterocycles. The van der Waals surface area contributed by atoms with Crippen molar-refractivity contribution < 1.29 is 0 Å². The third kappa shape index (κ3) is 3.50. The van der Waals surface area contributed by atoms with E-state index in [1.165, 1.54) is 29.1 Å². The standard InChI is InChI=1S/C15H24N2S/c1-12-3-5-13(6-4-12)10-17(2)15(9-16)14-7-8-18-11-14/h3-6,14-15H,7-11,16H2,1-2H3. The van der Waals surface area contributed by atoms with Gasteiger partial charge in [-0.2, -0.15) is 11.8 Å². The number of benzene rings is 1. The summed E-state index contributed by atoms with van der Waals surface area (Å²) in [5, 5.41) is 0. The van der Waals surface area contributed by atoms with Crippen molar-refractivity contribution in [1.82, 2.24) is 4.90 Å². The van der Waals surface area contributed by atoms with Crippen LogP contribution in [0.5, 0.6) is 0 Å². The summed E-state index contributed by atoms with van der Waals surface area (Å²) in [6.45, 7) is 3.91. The van der Waals surface area contributed by atoms with Crippen molar-refractivity contribution in [2.45, 2.75) is 25.9 Å². The third-order valence-electron chi connectivity index (χ3n) is 3.87. The minimum atomic E-state index is 0.529. The van der Waals surface area contributed by atoms with Crippen LogP contribution in [0.25, 0.3) is 0 Å². The third-order valence-corrected chi connectivity index (χ3v) is 5.06. The van der Waals surface area contributed by atoms with Crippen molar-refractivity contribution in [3.8, 4) is 0 Å². The summed E-state index contributed by atoms with van der Waals surface area (Å²) >= 11 is 2.07. The molecule has 0 aromatic heterocycles. The van der Waals surface area contributed by atoms with Gasteiger partial charge in [0.2, 0.25) is 0 Å². The second-order valence-electron chi connectivity index (χ2n) is 5.33. The molecule has 2 rings (SSSR count).